The molecule has 1 fully saturated rings. The highest BCUT2D eigenvalue weighted by atomic mass is 16.5. The highest BCUT2D eigenvalue weighted by Crippen LogP contribution is 2.47. The van der Waals surface area contributed by atoms with E-state index >= 15 is 0 Å². The zero-order valence-corrected chi connectivity index (χ0v) is 21.9. The third kappa shape index (κ3) is 5.87. The Hall–Kier alpha value is -3.81. The molecule has 1 aliphatic heterocycles. The van der Waals surface area contributed by atoms with Gasteiger partial charge in [-0.3, -0.25) is 0 Å². The number of hydrogen-bond acceptors (Lipinski definition) is 4. The average molecular weight is 478 g/mol. The topological polar surface area (TPSA) is 80.6 Å². The first-order valence-corrected chi connectivity index (χ1v) is 12.7. The van der Waals surface area contributed by atoms with Crippen LogP contribution in [0.4, 0.5) is 0 Å². The molecule has 0 saturated heterocycles. The van der Waals surface area contributed by atoms with Gasteiger partial charge in [0.25, 0.3) is 0 Å². The molecule has 36 heavy (non-hydrogen) atoms. The van der Waals surface area contributed by atoms with Crippen molar-refractivity contribution in [3.05, 3.63) is 94.3 Å². The monoisotopic (exact) mass is 477 g/mol. The van der Waals surface area contributed by atoms with E-state index in [1.54, 1.807) is 0 Å². The number of benzene rings is 1. The molecule has 1 atom stereocenters. The lowest BCUT2D eigenvalue weighted by molar-refractivity contribution is 0.0754. The van der Waals surface area contributed by atoms with Gasteiger partial charge in [-0.15, -0.1) is 0 Å². The Bertz CT molecular complexity index is 1220. The predicted octanol–water partition coefficient (Wildman–Crippen LogP) is 8.21. The second-order valence-corrected chi connectivity index (χ2v) is 11.0. The van der Waals surface area contributed by atoms with Crippen LogP contribution >= 0.6 is 0 Å². The third-order valence-corrected chi connectivity index (χ3v) is 6.99. The lowest BCUT2D eigenvalue weighted by Gasteiger charge is -2.28. The van der Waals surface area contributed by atoms with E-state index in [0.717, 1.165) is 17.6 Å². The lowest BCUT2D eigenvalue weighted by Crippen LogP contribution is -2.23. The first-order valence-electron chi connectivity index (χ1n) is 12.7. The lowest BCUT2D eigenvalue weighted by atomic mass is 9.81. The van der Waals surface area contributed by atoms with Gasteiger partial charge in [-0.25, -0.2) is 0 Å². The molecule has 1 aromatic carbocycles. The zero-order valence-electron chi connectivity index (χ0n) is 21.9. The van der Waals surface area contributed by atoms with E-state index in [1.165, 1.54) is 37.7 Å². The molecule has 0 aromatic heterocycles. The Balaban J connectivity index is 2.07. The predicted molar refractivity (Wildman–Crippen MR) is 143 cm³/mol. The fraction of sp³-hybridized carbons (Fsp3) is 0.406. The minimum atomic E-state index is -1.01. The van der Waals surface area contributed by atoms with Crippen molar-refractivity contribution in [2.24, 2.45) is 5.41 Å². The van der Waals surface area contributed by atoms with E-state index in [9.17, 15) is 15.8 Å². The summed E-state index contributed by atoms with van der Waals surface area (Å²) in [5.41, 5.74) is 3.04. The van der Waals surface area contributed by atoms with Gasteiger partial charge < -0.3 is 4.74 Å². The van der Waals surface area contributed by atoms with Crippen molar-refractivity contribution in [2.75, 3.05) is 0 Å². The Morgan fingerprint density at radius 3 is 2.25 bits per heavy atom. The Morgan fingerprint density at radius 1 is 1.08 bits per heavy atom. The fourth-order valence-electron chi connectivity index (χ4n) is 5.13. The van der Waals surface area contributed by atoms with E-state index in [1.807, 2.05) is 43.4 Å². The van der Waals surface area contributed by atoms with Crippen LogP contribution < -0.4 is 0 Å². The molecule has 1 saturated carbocycles. The molecule has 1 aromatic rings. The number of nitriles is 3. The Kier molecular flexibility index (Phi) is 8.40. The number of hydrogen-bond donors (Lipinski definition) is 0. The molecular formula is C32H35N3O. The molecule has 0 bridgehead atoms. The van der Waals surface area contributed by atoms with Crippen LogP contribution in [-0.2, 0) is 10.3 Å². The minimum absolute atomic E-state index is 0.0450. The number of allylic oxidation sites excluding steroid dienone is 6. The van der Waals surface area contributed by atoms with E-state index in [2.05, 4.69) is 57.7 Å². The summed E-state index contributed by atoms with van der Waals surface area (Å²) < 4.78 is 6.29. The maximum atomic E-state index is 10.0. The summed E-state index contributed by atoms with van der Waals surface area (Å²) in [6.45, 7) is 12.3. The van der Waals surface area contributed by atoms with Gasteiger partial charge in [0.15, 0.2) is 16.9 Å². The molecular weight excluding hydrogens is 442 g/mol. The van der Waals surface area contributed by atoms with Gasteiger partial charge in [-0.2, -0.15) is 15.8 Å². The molecule has 2 aliphatic rings. The number of rotatable bonds is 6. The smallest absolute Gasteiger partial charge is 0.172 e. The Labute approximate surface area is 216 Å². The van der Waals surface area contributed by atoms with Crippen LogP contribution in [0.3, 0.4) is 0 Å². The van der Waals surface area contributed by atoms with Crippen LogP contribution in [0.15, 0.2) is 83.2 Å². The number of ether oxygens (including phenoxy) is 1. The number of nitrogens with zero attached hydrogens (tertiary/aromatic N) is 3. The largest absolute Gasteiger partial charge is 0.474 e. The van der Waals surface area contributed by atoms with E-state index < -0.39 is 5.60 Å². The summed E-state index contributed by atoms with van der Waals surface area (Å²) in [5, 5.41) is 29.1. The highest BCUT2D eigenvalue weighted by Gasteiger charge is 2.43. The summed E-state index contributed by atoms with van der Waals surface area (Å²) in [6, 6.07) is 14.4. The standard InChI is InChI=1S/C32H35N3O/c1-6-23(19-31(2,3)4)11-10-14-29-28(22-35)30(26(20-33)21-34)36-32(29,5)27-17-15-25(16-18-27)24-12-8-7-9-13-24/h6,10-11,14-18,24H,1,7-9,12-13,19H2,2-5H3. The molecule has 1 unspecified atom stereocenters. The highest BCUT2D eigenvalue weighted by molar-refractivity contribution is 5.62. The first-order chi connectivity index (χ1) is 17.2. The molecule has 3 rings (SSSR count). The SMILES string of the molecule is C=CC(=CC=CC1=C(C#N)C(=C(C#N)C#N)OC1(C)c1ccc(C2CCCCC2)cc1)CC(C)(C)C. The van der Waals surface area contributed by atoms with Crippen molar-refractivity contribution >= 4 is 0 Å². The summed E-state index contributed by atoms with van der Waals surface area (Å²) in [4.78, 5) is 0. The van der Waals surface area contributed by atoms with Crippen LogP contribution in [0.1, 0.15) is 83.3 Å². The average Bonchev–Trinajstić information content (AvgIpc) is 3.16. The summed E-state index contributed by atoms with van der Waals surface area (Å²) in [7, 11) is 0. The van der Waals surface area contributed by atoms with Gasteiger partial charge in [0.05, 0.1) is 0 Å². The van der Waals surface area contributed by atoms with Crippen LogP contribution in [0, 0.1) is 39.4 Å². The maximum absolute atomic E-state index is 10.0. The van der Waals surface area contributed by atoms with Crippen molar-refractivity contribution in [1.29, 1.82) is 15.8 Å². The molecule has 4 nitrogen and oxygen atoms in total. The minimum Gasteiger partial charge on any atom is -0.474 e. The second-order valence-electron chi connectivity index (χ2n) is 11.0. The molecule has 0 N–H and O–H groups in total. The molecule has 0 radical (unpaired) electrons. The summed E-state index contributed by atoms with van der Waals surface area (Å²) in [6.07, 6.45) is 14.7. The van der Waals surface area contributed by atoms with Gasteiger partial charge in [-0.1, -0.05) is 95.2 Å². The van der Waals surface area contributed by atoms with Gasteiger partial charge in [0.1, 0.15) is 23.8 Å². The van der Waals surface area contributed by atoms with Gasteiger partial charge in [0, 0.05) is 5.57 Å². The third-order valence-electron chi connectivity index (χ3n) is 6.99. The van der Waals surface area contributed by atoms with Crippen molar-refractivity contribution in [3.63, 3.8) is 0 Å². The molecule has 4 heteroatoms. The molecule has 1 heterocycles. The maximum Gasteiger partial charge on any atom is 0.172 e. The van der Waals surface area contributed by atoms with Gasteiger partial charge in [-0.05, 0) is 54.2 Å². The zero-order chi connectivity index (χ0) is 26.3. The van der Waals surface area contributed by atoms with Gasteiger partial charge in [0.2, 0.25) is 0 Å². The van der Waals surface area contributed by atoms with Crippen LogP contribution in [0.5, 0.6) is 0 Å². The molecule has 0 amide bonds. The normalized spacial score (nSPS) is 21.0. The van der Waals surface area contributed by atoms with E-state index in [4.69, 9.17) is 4.74 Å². The van der Waals surface area contributed by atoms with Crippen molar-refractivity contribution in [2.45, 2.75) is 77.7 Å². The van der Waals surface area contributed by atoms with E-state index in [-0.39, 0.29) is 22.3 Å². The first kappa shape index (κ1) is 26.8. The van der Waals surface area contributed by atoms with Crippen LogP contribution in [0.25, 0.3) is 0 Å². The van der Waals surface area contributed by atoms with Crippen molar-refractivity contribution in [3.8, 4) is 18.2 Å². The van der Waals surface area contributed by atoms with Crippen molar-refractivity contribution < 1.29 is 4.74 Å². The van der Waals surface area contributed by atoms with Gasteiger partial charge >= 0.3 is 0 Å². The van der Waals surface area contributed by atoms with Crippen molar-refractivity contribution in [1.82, 2.24) is 0 Å². The van der Waals surface area contributed by atoms with Crippen LogP contribution in [-0.4, -0.2) is 0 Å². The summed E-state index contributed by atoms with van der Waals surface area (Å²) in [5.74, 6) is 0.628. The molecule has 184 valence electrons. The quantitative estimate of drug-likeness (QED) is 0.305. The van der Waals surface area contributed by atoms with E-state index in [0.29, 0.717) is 11.5 Å². The summed E-state index contributed by atoms with van der Waals surface area (Å²) >= 11 is 0. The molecule has 0 spiro atoms. The Morgan fingerprint density at radius 2 is 1.72 bits per heavy atom. The second kappa shape index (κ2) is 11.3. The van der Waals surface area contributed by atoms with Crippen LogP contribution in [0.2, 0.25) is 0 Å². The fourth-order valence-corrected chi connectivity index (χ4v) is 5.13. The molecule has 1 aliphatic carbocycles.